The van der Waals surface area contributed by atoms with E-state index >= 15 is 0 Å². The molecule has 1 aromatic heterocycles. The normalized spacial score (nSPS) is 12.7. The highest BCUT2D eigenvalue weighted by molar-refractivity contribution is 5.73. The molecule has 1 N–H and O–H groups in total. The zero-order valence-corrected chi connectivity index (χ0v) is 10.8. The standard InChI is InChI=1S/C12H12F2N4O2/c1-6(2)10(12(19)20)18-11(15-16-17-18)7-3-4-8(13)9(14)5-7/h3-6,10H,1-2H3,(H,19,20). The van der Waals surface area contributed by atoms with Crippen LogP contribution in [0.25, 0.3) is 11.4 Å². The van der Waals surface area contributed by atoms with Crippen molar-refractivity contribution in [3.63, 3.8) is 0 Å². The van der Waals surface area contributed by atoms with E-state index in [1.807, 2.05) is 0 Å². The Bertz CT molecular complexity index is 642. The maximum Gasteiger partial charge on any atom is 0.328 e. The van der Waals surface area contributed by atoms with Crippen LogP contribution in [-0.2, 0) is 4.79 Å². The average molecular weight is 282 g/mol. The molecule has 2 rings (SSSR count). The Balaban J connectivity index is 2.51. The Hall–Kier alpha value is -2.38. The van der Waals surface area contributed by atoms with Gasteiger partial charge in [-0.3, -0.25) is 0 Å². The first-order valence-electron chi connectivity index (χ1n) is 5.88. The van der Waals surface area contributed by atoms with Crippen molar-refractivity contribution < 1.29 is 18.7 Å². The zero-order chi connectivity index (χ0) is 14.9. The summed E-state index contributed by atoms with van der Waals surface area (Å²) in [7, 11) is 0. The number of rotatable bonds is 4. The fourth-order valence-corrected chi connectivity index (χ4v) is 1.88. The van der Waals surface area contributed by atoms with E-state index in [4.69, 9.17) is 0 Å². The Morgan fingerprint density at radius 2 is 2.00 bits per heavy atom. The number of halogens is 2. The van der Waals surface area contributed by atoms with E-state index in [-0.39, 0.29) is 17.3 Å². The van der Waals surface area contributed by atoms with E-state index in [1.54, 1.807) is 13.8 Å². The van der Waals surface area contributed by atoms with E-state index in [9.17, 15) is 18.7 Å². The lowest BCUT2D eigenvalue weighted by atomic mass is 10.0. The molecule has 0 radical (unpaired) electrons. The van der Waals surface area contributed by atoms with E-state index in [0.717, 1.165) is 16.8 Å². The summed E-state index contributed by atoms with van der Waals surface area (Å²) in [4.78, 5) is 11.3. The number of tetrazole rings is 1. The molecule has 0 aliphatic heterocycles. The maximum absolute atomic E-state index is 13.3. The molecule has 0 saturated carbocycles. The summed E-state index contributed by atoms with van der Waals surface area (Å²) in [6, 6.07) is 2.17. The minimum atomic E-state index is -1.10. The minimum Gasteiger partial charge on any atom is -0.480 e. The third-order valence-corrected chi connectivity index (χ3v) is 2.82. The van der Waals surface area contributed by atoms with Crippen LogP contribution in [0.1, 0.15) is 19.9 Å². The van der Waals surface area contributed by atoms with E-state index in [0.29, 0.717) is 0 Å². The minimum absolute atomic E-state index is 0.0741. The molecule has 0 saturated heterocycles. The summed E-state index contributed by atoms with van der Waals surface area (Å²) < 4.78 is 27.3. The number of hydrogen-bond acceptors (Lipinski definition) is 4. The van der Waals surface area contributed by atoms with Gasteiger partial charge in [0.15, 0.2) is 23.5 Å². The molecule has 106 valence electrons. The van der Waals surface area contributed by atoms with Crippen LogP contribution >= 0.6 is 0 Å². The first-order valence-corrected chi connectivity index (χ1v) is 5.88. The van der Waals surface area contributed by atoms with Crippen LogP contribution in [0.5, 0.6) is 0 Å². The van der Waals surface area contributed by atoms with E-state index in [1.165, 1.54) is 6.07 Å². The van der Waals surface area contributed by atoms with Gasteiger partial charge in [0.1, 0.15) is 0 Å². The van der Waals surface area contributed by atoms with Gasteiger partial charge in [0.05, 0.1) is 0 Å². The maximum atomic E-state index is 13.3. The van der Waals surface area contributed by atoms with Crippen molar-refractivity contribution in [1.29, 1.82) is 0 Å². The van der Waals surface area contributed by atoms with Crippen LogP contribution in [0.4, 0.5) is 8.78 Å². The van der Waals surface area contributed by atoms with Crippen LogP contribution in [0.15, 0.2) is 18.2 Å². The van der Waals surface area contributed by atoms with Gasteiger partial charge in [0.2, 0.25) is 0 Å². The van der Waals surface area contributed by atoms with Crippen LogP contribution < -0.4 is 0 Å². The summed E-state index contributed by atoms with van der Waals surface area (Å²) in [5.74, 6) is -3.35. The Kier molecular flexibility index (Phi) is 3.73. The molecule has 6 nitrogen and oxygen atoms in total. The van der Waals surface area contributed by atoms with Gasteiger partial charge in [-0.1, -0.05) is 13.8 Å². The van der Waals surface area contributed by atoms with Gasteiger partial charge >= 0.3 is 5.97 Å². The van der Waals surface area contributed by atoms with Crippen molar-refractivity contribution in [1.82, 2.24) is 20.2 Å². The molecule has 0 spiro atoms. The Labute approximate surface area is 113 Å². The van der Waals surface area contributed by atoms with E-state index in [2.05, 4.69) is 15.5 Å². The molecule has 20 heavy (non-hydrogen) atoms. The van der Waals surface area contributed by atoms with Gasteiger partial charge < -0.3 is 5.11 Å². The number of benzene rings is 1. The number of carboxylic acids is 1. The summed E-state index contributed by atoms with van der Waals surface area (Å²) >= 11 is 0. The van der Waals surface area contributed by atoms with Gasteiger partial charge in [-0.05, 0) is 34.5 Å². The number of aliphatic carboxylic acids is 1. The predicted molar refractivity (Wildman–Crippen MR) is 64.7 cm³/mol. The van der Waals surface area contributed by atoms with Gasteiger partial charge in [-0.15, -0.1) is 5.10 Å². The van der Waals surface area contributed by atoms with Crippen LogP contribution in [0, 0.1) is 17.6 Å². The van der Waals surface area contributed by atoms with Crippen molar-refractivity contribution in [2.75, 3.05) is 0 Å². The summed E-state index contributed by atoms with van der Waals surface area (Å²) in [5, 5.41) is 20.0. The van der Waals surface area contributed by atoms with Gasteiger partial charge in [-0.25, -0.2) is 18.3 Å². The summed E-state index contributed by atoms with van der Waals surface area (Å²) in [6.45, 7) is 3.41. The first-order chi connectivity index (χ1) is 9.41. The van der Waals surface area contributed by atoms with Gasteiger partial charge in [0.25, 0.3) is 0 Å². The van der Waals surface area contributed by atoms with Gasteiger partial charge in [-0.2, -0.15) is 0 Å². The Morgan fingerprint density at radius 3 is 2.55 bits per heavy atom. The van der Waals surface area contributed by atoms with Crippen molar-refractivity contribution in [3.8, 4) is 11.4 Å². The molecular weight excluding hydrogens is 270 g/mol. The van der Waals surface area contributed by atoms with Crippen LogP contribution in [0.2, 0.25) is 0 Å². The molecule has 0 fully saturated rings. The molecule has 0 aliphatic rings. The van der Waals surface area contributed by atoms with Crippen LogP contribution in [-0.4, -0.2) is 31.3 Å². The quantitative estimate of drug-likeness (QED) is 0.926. The lowest BCUT2D eigenvalue weighted by Crippen LogP contribution is -2.26. The first kappa shape index (κ1) is 14.0. The number of carboxylic acid groups (broad SMARTS) is 1. The highest BCUT2D eigenvalue weighted by Crippen LogP contribution is 2.25. The zero-order valence-electron chi connectivity index (χ0n) is 10.8. The largest absolute Gasteiger partial charge is 0.480 e. The van der Waals surface area contributed by atoms with E-state index < -0.39 is 23.6 Å². The molecule has 0 bridgehead atoms. The number of nitrogens with zero attached hydrogens (tertiary/aromatic N) is 4. The molecular formula is C12H12F2N4O2. The second-order valence-corrected chi connectivity index (χ2v) is 4.60. The Morgan fingerprint density at radius 1 is 1.30 bits per heavy atom. The highest BCUT2D eigenvalue weighted by atomic mass is 19.2. The van der Waals surface area contributed by atoms with Crippen molar-refractivity contribution in [2.24, 2.45) is 5.92 Å². The van der Waals surface area contributed by atoms with Crippen molar-refractivity contribution >= 4 is 5.97 Å². The molecule has 1 heterocycles. The molecule has 1 atom stereocenters. The second kappa shape index (κ2) is 5.32. The summed E-state index contributed by atoms with van der Waals surface area (Å²) in [5.41, 5.74) is 0.209. The molecule has 0 aliphatic carbocycles. The average Bonchev–Trinajstić information content (AvgIpc) is 2.80. The molecule has 0 amide bonds. The number of hydrogen-bond donors (Lipinski definition) is 1. The summed E-state index contributed by atoms with van der Waals surface area (Å²) in [6.07, 6.45) is 0. The van der Waals surface area contributed by atoms with Gasteiger partial charge in [0, 0.05) is 5.56 Å². The fraction of sp³-hybridized carbons (Fsp3) is 0.333. The fourth-order valence-electron chi connectivity index (χ4n) is 1.88. The number of aromatic nitrogens is 4. The monoisotopic (exact) mass is 282 g/mol. The van der Waals surface area contributed by atoms with Crippen molar-refractivity contribution in [2.45, 2.75) is 19.9 Å². The number of carbonyl (C=O) groups is 1. The topological polar surface area (TPSA) is 80.9 Å². The second-order valence-electron chi connectivity index (χ2n) is 4.60. The molecule has 8 heteroatoms. The third-order valence-electron chi connectivity index (χ3n) is 2.82. The lowest BCUT2D eigenvalue weighted by Gasteiger charge is -2.17. The third kappa shape index (κ3) is 2.49. The predicted octanol–water partition coefficient (Wildman–Crippen LogP) is 1.90. The highest BCUT2D eigenvalue weighted by Gasteiger charge is 2.28. The van der Waals surface area contributed by atoms with Crippen LogP contribution in [0.3, 0.4) is 0 Å². The van der Waals surface area contributed by atoms with Crippen molar-refractivity contribution in [3.05, 3.63) is 29.8 Å². The molecule has 1 aromatic carbocycles. The smallest absolute Gasteiger partial charge is 0.328 e. The molecule has 2 aromatic rings. The lowest BCUT2D eigenvalue weighted by molar-refractivity contribution is -0.142. The molecule has 1 unspecified atom stereocenters. The SMILES string of the molecule is CC(C)C(C(=O)O)n1nnnc1-c1ccc(F)c(F)c1.